The van der Waals surface area contributed by atoms with Crippen LogP contribution in [0.25, 0.3) is 17.1 Å². The fraction of sp³-hybridized carbons (Fsp3) is 0.469. The third kappa shape index (κ3) is 4.11. The van der Waals surface area contributed by atoms with Crippen molar-refractivity contribution in [2.75, 3.05) is 14.1 Å². The van der Waals surface area contributed by atoms with Gasteiger partial charge in [-0.15, -0.1) is 0 Å². The molecule has 2 fully saturated rings. The molecule has 42 heavy (non-hydrogen) atoms. The Kier molecular flexibility index (Phi) is 6.81. The van der Waals surface area contributed by atoms with Gasteiger partial charge in [-0.2, -0.15) is 0 Å². The molecular formula is C32H36N2O8. The first-order valence-corrected chi connectivity index (χ1v) is 14.5. The molecule has 1 amide bonds. The highest BCUT2D eigenvalue weighted by Crippen LogP contribution is 2.53. The number of ketones is 2. The molecule has 6 N–H and O–H groups in total. The van der Waals surface area contributed by atoms with E-state index in [0.717, 1.165) is 12.2 Å². The lowest BCUT2D eigenvalue weighted by Crippen LogP contribution is -2.65. The Hall–Kier alpha value is -3.89. The molecule has 10 nitrogen and oxygen atoms in total. The van der Waals surface area contributed by atoms with Crippen molar-refractivity contribution in [3.8, 4) is 17.1 Å². The molecule has 222 valence electrons. The monoisotopic (exact) mass is 576 g/mol. The van der Waals surface area contributed by atoms with Crippen LogP contribution >= 0.6 is 0 Å². The highest BCUT2D eigenvalue weighted by atomic mass is 16.4. The van der Waals surface area contributed by atoms with Crippen LogP contribution in [0.3, 0.4) is 0 Å². The number of phenolic OH excluding ortho intramolecular Hbond substituents is 1. The number of hydrogen-bond acceptors (Lipinski definition) is 9. The SMILES string of the molecule is CN(C)[C@H]1C(=O)C(C(N)=O)=C(O)[C@]2(O)C(=O)C3=C(O)c4c(O)ccc(-c5ccc(CC6CCCCC6)o5)c4C[C@@H]3C[C@H]12. The fourth-order valence-electron chi connectivity index (χ4n) is 7.78. The summed E-state index contributed by atoms with van der Waals surface area (Å²) in [6, 6.07) is 5.85. The number of furan rings is 1. The average Bonchev–Trinajstić information content (AvgIpc) is 3.39. The quantitative estimate of drug-likeness (QED) is 0.334. The Morgan fingerprint density at radius 1 is 1.07 bits per heavy atom. The molecule has 1 heterocycles. The van der Waals surface area contributed by atoms with E-state index in [4.69, 9.17) is 10.2 Å². The third-order valence-corrected chi connectivity index (χ3v) is 9.75. The molecule has 10 heteroatoms. The van der Waals surface area contributed by atoms with Crippen molar-refractivity contribution in [1.82, 2.24) is 4.90 Å². The minimum absolute atomic E-state index is 0.0337. The number of carbonyl (C=O) groups is 3. The van der Waals surface area contributed by atoms with Crippen molar-refractivity contribution < 1.29 is 39.2 Å². The van der Waals surface area contributed by atoms with Crippen LogP contribution in [0, 0.1) is 17.8 Å². The number of aromatic hydroxyl groups is 1. The number of carbonyl (C=O) groups excluding carboxylic acids is 3. The first-order chi connectivity index (χ1) is 19.9. The second-order valence-electron chi connectivity index (χ2n) is 12.4. The Bertz CT molecular complexity index is 1560. The number of Topliss-reactive ketones (excluding diaryl/α,β-unsaturated/α-hetero) is 2. The van der Waals surface area contributed by atoms with E-state index >= 15 is 0 Å². The number of primary amides is 1. The lowest BCUT2D eigenvalue weighted by Gasteiger charge is -2.50. The summed E-state index contributed by atoms with van der Waals surface area (Å²) in [5, 5.41) is 45.1. The molecule has 1 aromatic heterocycles. The zero-order chi connectivity index (χ0) is 30.1. The van der Waals surface area contributed by atoms with E-state index in [1.807, 2.05) is 12.1 Å². The number of benzene rings is 1. The van der Waals surface area contributed by atoms with Gasteiger partial charge in [0.2, 0.25) is 5.78 Å². The van der Waals surface area contributed by atoms with Crippen molar-refractivity contribution in [2.24, 2.45) is 23.5 Å². The van der Waals surface area contributed by atoms with Crippen molar-refractivity contribution in [2.45, 2.75) is 63.0 Å². The first kappa shape index (κ1) is 28.2. The lowest BCUT2D eigenvalue weighted by atomic mass is 9.57. The Labute approximate surface area is 243 Å². The fourth-order valence-corrected chi connectivity index (χ4v) is 7.78. The van der Waals surface area contributed by atoms with E-state index in [0.29, 0.717) is 22.8 Å². The molecule has 4 aliphatic carbocycles. The molecule has 0 unspecified atom stereocenters. The third-order valence-electron chi connectivity index (χ3n) is 9.75. The maximum absolute atomic E-state index is 14.0. The second kappa shape index (κ2) is 10.1. The standard InChI is InChI=1S/C32H36N2O8/c1-34(2)26-20-14-16-13-19-18(22-11-8-17(42-22)12-15-6-4-3-5-7-15)9-10-21(35)24(19)27(36)23(16)29(38)32(20,41)30(39)25(28(26)37)31(33)40/h8-11,15-16,20,26,35-36,39,41H,3-7,12-14H2,1-2H3,(H2,33,40)/t16-,20-,26-,32-/m1/s1. The van der Waals surface area contributed by atoms with Gasteiger partial charge in [0.05, 0.1) is 11.6 Å². The number of aliphatic hydroxyl groups is 3. The molecule has 1 aromatic carbocycles. The number of aliphatic hydroxyl groups excluding tert-OH is 2. The summed E-state index contributed by atoms with van der Waals surface area (Å²) in [7, 11) is 3.15. The number of likely N-dealkylation sites (N-methyl/N-ethyl adjacent to an activating group) is 1. The molecule has 0 saturated heterocycles. The molecule has 2 aromatic rings. The largest absolute Gasteiger partial charge is 0.508 e. The molecule has 0 aliphatic heterocycles. The zero-order valence-corrected chi connectivity index (χ0v) is 23.7. The van der Waals surface area contributed by atoms with Crippen LogP contribution in [0.4, 0.5) is 0 Å². The summed E-state index contributed by atoms with van der Waals surface area (Å²) >= 11 is 0. The van der Waals surface area contributed by atoms with E-state index < -0.39 is 58.0 Å². The van der Waals surface area contributed by atoms with Gasteiger partial charge in [-0.05, 0) is 68.6 Å². The van der Waals surface area contributed by atoms with Crippen LogP contribution in [-0.2, 0) is 27.2 Å². The second-order valence-corrected chi connectivity index (χ2v) is 12.4. The van der Waals surface area contributed by atoms with E-state index in [1.165, 1.54) is 43.1 Å². The molecule has 4 atom stereocenters. The van der Waals surface area contributed by atoms with Gasteiger partial charge in [0.1, 0.15) is 34.4 Å². The summed E-state index contributed by atoms with van der Waals surface area (Å²) in [5.41, 5.74) is 3.02. The van der Waals surface area contributed by atoms with Gasteiger partial charge < -0.3 is 30.6 Å². The first-order valence-electron chi connectivity index (χ1n) is 14.5. The summed E-state index contributed by atoms with van der Waals surface area (Å²) in [6.07, 6.45) is 7.16. The van der Waals surface area contributed by atoms with Gasteiger partial charge in [-0.3, -0.25) is 19.3 Å². The van der Waals surface area contributed by atoms with Crippen LogP contribution in [-0.4, -0.2) is 68.5 Å². The molecular weight excluding hydrogens is 540 g/mol. The number of hydrogen-bond donors (Lipinski definition) is 5. The minimum Gasteiger partial charge on any atom is -0.508 e. The zero-order valence-electron chi connectivity index (χ0n) is 23.7. The minimum atomic E-state index is -2.66. The van der Waals surface area contributed by atoms with Crippen LogP contribution in [0.1, 0.15) is 55.4 Å². The maximum atomic E-state index is 14.0. The predicted octanol–water partition coefficient (Wildman–Crippen LogP) is 3.35. The van der Waals surface area contributed by atoms with Gasteiger partial charge >= 0.3 is 0 Å². The topological polar surface area (TPSA) is 175 Å². The van der Waals surface area contributed by atoms with Gasteiger partial charge in [-0.1, -0.05) is 32.1 Å². The van der Waals surface area contributed by atoms with Crippen LogP contribution in [0.5, 0.6) is 5.75 Å². The summed E-state index contributed by atoms with van der Waals surface area (Å²) in [5.74, 6) is -4.67. The highest BCUT2D eigenvalue weighted by molar-refractivity contribution is 6.24. The van der Waals surface area contributed by atoms with Gasteiger partial charge in [0.15, 0.2) is 11.4 Å². The number of fused-ring (bicyclic) bond motifs is 3. The number of rotatable bonds is 5. The Morgan fingerprint density at radius 2 is 1.79 bits per heavy atom. The molecule has 0 bridgehead atoms. The van der Waals surface area contributed by atoms with Gasteiger partial charge in [0.25, 0.3) is 5.91 Å². The van der Waals surface area contributed by atoms with Crippen molar-refractivity contribution >= 4 is 23.2 Å². The Balaban J connectivity index is 1.44. The van der Waals surface area contributed by atoms with Crippen LogP contribution in [0.15, 0.2) is 45.6 Å². The average molecular weight is 577 g/mol. The predicted molar refractivity (Wildman–Crippen MR) is 152 cm³/mol. The van der Waals surface area contributed by atoms with E-state index in [9.17, 15) is 34.8 Å². The van der Waals surface area contributed by atoms with Crippen molar-refractivity contribution in [3.05, 3.63) is 58.1 Å². The molecule has 0 spiro atoms. The number of nitrogens with two attached hydrogens (primary N) is 1. The Morgan fingerprint density at radius 3 is 2.45 bits per heavy atom. The van der Waals surface area contributed by atoms with Crippen molar-refractivity contribution in [3.63, 3.8) is 0 Å². The van der Waals surface area contributed by atoms with Crippen LogP contribution < -0.4 is 5.73 Å². The smallest absolute Gasteiger partial charge is 0.255 e. The molecule has 0 radical (unpaired) electrons. The number of amides is 1. The highest BCUT2D eigenvalue weighted by Gasteiger charge is 2.64. The molecule has 2 saturated carbocycles. The summed E-state index contributed by atoms with van der Waals surface area (Å²) in [4.78, 5) is 40.9. The number of phenols is 1. The van der Waals surface area contributed by atoms with Crippen molar-refractivity contribution in [1.29, 1.82) is 0 Å². The van der Waals surface area contributed by atoms with E-state index in [2.05, 4.69) is 0 Å². The van der Waals surface area contributed by atoms with Gasteiger partial charge in [0, 0.05) is 23.5 Å². The summed E-state index contributed by atoms with van der Waals surface area (Å²) < 4.78 is 6.26. The van der Waals surface area contributed by atoms with Gasteiger partial charge in [-0.25, -0.2) is 0 Å². The van der Waals surface area contributed by atoms with E-state index in [1.54, 1.807) is 20.2 Å². The number of nitrogens with zero attached hydrogens (tertiary/aromatic N) is 1. The van der Waals surface area contributed by atoms with Crippen LogP contribution in [0.2, 0.25) is 0 Å². The van der Waals surface area contributed by atoms with E-state index in [-0.39, 0.29) is 29.7 Å². The molecule has 4 aliphatic rings. The summed E-state index contributed by atoms with van der Waals surface area (Å²) in [6.45, 7) is 0. The lowest BCUT2D eigenvalue weighted by molar-refractivity contribution is -0.153. The normalized spacial score (nSPS) is 28.1. The maximum Gasteiger partial charge on any atom is 0.255 e. The molecule has 6 rings (SSSR count).